The summed E-state index contributed by atoms with van der Waals surface area (Å²) in [4.78, 5) is 26.4. The van der Waals surface area contributed by atoms with Crippen molar-refractivity contribution in [1.82, 2.24) is 4.90 Å². The van der Waals surface area contributed by atoms with Gasteiger partial charge in [-0.2, -0.15) is 0 Å². The van der Waals surface area contributed by atoms with Crippen LogP contribution in [-0.4, -0.2) is 36.9 Å². The van der Waals surface area contributed by atoms with Gasteiger partial charge in [-0.05, 0) is 49.1 Å². The molecule has 2 rings (SSSR count). The van der Waals surface area contributed by atoms with Gasteiger partial charge in [0, 0.05) is 18.3 Å². The van der Waals surface area contributed by atoms with E-state index in [2.05, 4.69) is 19.2 Å². The lowest BCUT2D eigenvalue weighted by Gasteiger charge is -2.18. The Balaban J connectivity index is 2.01. The predicted molar refractivity (Wildman–Crippen MR) is 108 cm³/mol. The van der Waals surface area contributed by atoms with Crippen LogP contribution in [0, 0.1) is 19.8 Å². The molecule has 2 aromatic carbocycles. The first-order valence-electron chi connectivity index (χ1n) is 9.12. The molecule has 5 heteroatoms. The highest BCUT2D eigenvalue weighted by Gasteiger charge is 2.16. The van der Waals surface area contributed by atoms with Crippen molar-refractivity contribution in [3.63, 3.8) is 0 Å². The molecule has 2 aromatic rings. The molecule has 0 heterocycles. The van der Waals surface area contributed by atoms with Crippen LogP contribution in [0.4, 0.5) is 5.69 Å². The van der Waals surface area contributed by atoms with E-state index in [1.54, 1.807) is 25.2 Å². The number of carbonyl (C=O) groups is 2. The van der Waals surface area contributed by atoms with E-state index in [0.717, 1.165) is 16.8 Å². The summed E-state index contributed by atoms with van der Waals surface area (Å²) >= 11 is 0. The van der Waals surface area contributed by atoms with Crippen LogP contribution >= 0.6 is 0 Å². The number of amides is 2. The maximum absolute atomic E-state index is 12.6. The van der Waals surface area contributed by atoms with Gasteiger partial charge < -0.3 is 15.0 Å². The smallest absolute Gasteiger partial charge is 0.254 e. The van der Waals surface area contributed by atoms with Gasteiger partial charge in [0.1, 0.15) is 5.75 Å². The molecule has 0 atom stereocenters. The van der Waals surface area contributed by atoms with Gasteiger partial charge in [-0.3, -0.25) is 9.59 Å². The van der Waals surface area contributed by atoms with Crippen LogP contribution in [0.2, 0.25) is 0 Å². The summed E-state index contributed by atoms with van der Waals surface area (Å²) in [7, 11) is 1.62. The second-order valence-corrected chi connectivity index (χ2v) is 7.21. The van der Waals surface area contributed by atoms with Crippen molar-refractivity contribution in [3.8, 4) is 5.75 Å². The lowest BCUT2D eigenvalue weighted by atomic mass is 10.1. The molecule has 0 saturated carbocycles. The molecule has 0 radical (unpaired) electrons. The zero-order valence-electron chi connectivity index (χ0n) is 16.7. The first-order chi connectivity index (χ1) is 12.8. The van der Waals surface area contributed by atoms with Crippen molar-refractivity contribution in [2.45, 2.75) is 27.7 Å². The van der Waals surface area contributed by atoms with Crippen LogP contribution in [-0.2, 0) is 4.79 Å². The van der Waals surface area contributed by atoms with Gasteiger partial charge in [-0.15, -0.1) is 0 Å². The molecule has 1 N–H and O–H groups in total. The number of rotatable bonds is 7. The zero-order chi connectivity index (χ0) is 20.0. The topological polar surface area (TPSA) is 58.6 Å². The summed E-state index contributed by atoms with van der Waals surface area (Å²) in [6.45, 7) is 8.59. The van der Waals surface area contributed by atoms with Gasteiger partial charge in [0.05, 0.1) is 13.2 Å². The Kier molecular flexibility index (Phi) is 6.99. The minimum Gasteiger partial charge on any atom is -0.493 e. The van der Waals surface area contributed by atoms with Gasteiger partial charge in [0.2, 0.25) is 5.91 Å². The third kappa shape index (κ3) is 5.84. The van der Waals surface area contributed by atoms with Crippen LogP contribution in [0.15, 0.2) is 42.5 Å². The van der Waals surface area contributed by atoms with E-state index in [1.807, 2.05) is 38.1 Å². The lowest BCUT2D eigenvalue weighted by molar-refractivity contribution is -0.116. The van der Waals surface area contributed by atoms with Crippen LogP contribution in [0.25, 0.3) is 0 Å². The zero-order valence-corrected chi connectivity index (χ0v) is 16.7. The highest BCUT2D eigenvalue weighted by molar-refractivity contribution is 5.99. The van der Waals surface area contributed by atoms with Crippen LogP contribution < -0.4 is 10.1 Å². The second-order valence-electron chi connectivity index (χ2n) is 7.21. The third-order valence-corrected chi connectivity index (χ3v) is 4.14. The normalized spacial score (nSPS) is 10.6. The predicted octanol–water partition coefficient (Wildman–Crippen LogP) is 4.05. The molecular formula is C22H28N2O3. The molecule has 0 bridgehead atoms. The van der Waals surface area contributed by atoms with Crippen molar-refractivity contribution < 1.29 is 14.3 Å². The first kappa shape index (κ1) is 20.5. The van der Waals surface area contributed by atoms with Crippen molar-refractivity contribution in [3.05, 3.63) is 59.2 Å². The fraction of sp³-hybridized carbons (Fsp3) is 0.364. The molecule has 0 aromatic heterocycles. The highest BCUT2D eigenvalue weighted by Crippen LogP contribution is 2.19. The number of benzene rings is 2. The molecule has 0 aliphatic carbocycles. The molecule has 0 unspecified atom stereocenters. The number of para-hydroxylation sites is 1. The number of carbonyl (C=O) groups excluding carboxylic acids is 2. The second kappa shape index (κ2) is 9.21. The Morgan fingerprint density at radius 2 is 1.70 bits per heavy atom. The number of aryl methyl sites for hydroxylation is 2. The number of nitrogens with zero attached hydrogens (tertiary/aromatic N) is 1. The Labute approximate surface area is 161 Å². The molecule has 0 fully saturated rings. The van der Waals surface area contributed by atoms with Gasteiger partial charge in [-0.25, -0.2) is 0 Å². The quantitative estimate of drug-likeness (QED) is 0.802. The maximum Gasteiger partial charge on any atom is 0.254 e. The van der Waals surface area contributed by atoms with Crippen molar-refractivity contribution in [2.24, 2.45) is 5.92 Å². The Morgan fingerprint density at radius 1 is 1.07 bits per heavy atom. The summed E-state index contributed by atoms with van der Waals surface area (Å²) in [5.41, 5.74) is 3.28. The maximum atomic E-state index is 12.6. The van der Waals surface area contributed by atoms with Crippen molar-refractivity contribution >= 4 is 17.5 Å². The monoisotopic (exact) mass is 368 g/mol. The summed E-state index contributed by atoms with van der Waals surface area (Å²) in [5.74, 6) is 0.612. The number of nitrogens with one attached hydrogen (secondary N) is 1. The third-order valence-electron chi connectivity index (χ3n) is 4.14. The van der Waals surface area contributed by atoms with E-state index < -0.39 is 0 Å². The summed E-state index contributed by atoms with van der Waals surface area (Å²) in [6, 6.07) is 12.9. The fourth-order valence-corrected chi connectivity index (χ4v) is 2.68. The molecule has 2 amide bonds. The van der Waals surface area contributed by atoms with Gasteiger partial charge in [0.15, 0.2) is 0 Å². The van der Waals surface area contributed by atoms with E-state index in [4.69, 9.17) is 4.74 Å². The van der Waals surface area contributed by atoms with E-state index >= 15 is 0 Å². The van der Waals surface area contributed by atoms with Gasteiger partial charge in [0.25, 0.3) is 5.91 Å². The number of likely N-dealkylation sites (N-methyl/N-ethyl adjacent to an activating group) is 1. The Hall–Kier alpha value is -2.82. The SMILES string of the molecule is Cc1cccc(C)c1NC(=O)CN(C)C(=O)c1cccc(OCC(C)C)c1. The Bertz CT molecular complexity index is 795. The average Bonchev–Trinajstić information content (AvgIpc) is 2.62. The number of hydrogen-bond donors (Lipinski definition) is 1. The van der Waals surface area contributed by atoms with Crippen LogP contribution in [0.5, 0.6) is 5.75 Å². The first-order valence-corrected chi connectivity index (χ1v) is 9.12. The molecule has 27 heavy (non-hydrogen) atoms. The molecule has 0 aliphatic rings. The minimum atomic E-state index is -0.226. The number of ether oxygens (including phenoxy) is 1. The number of hydrogen-bond acceptors (Lipinski definition) is 3. The highest BCUT2D eigenvalue weighted by atomic mass is 16.5. The number of anilines is 1. The minimum absolute atomic E-state index is 0.0241. The van der Waals surface area contributed by atoms with Crippen LogP contribution in [0.3, 0.4) is 0 Å². The molecule has 0 saturated heterocycles. The van der Waals surface area contributed by atoms with Crippen LogP contribution in [0.1, 0.15) is 35.3 Å². The molecule has 5 nitrogen and oxygen atoms in total. The largest absolute Gasteiger partial charge is 0.493 e. The summed E-state index contributed by atoms with van der Waals surface area (Å²) in [6.07, 6.45) is 0. The fourth-order valence-electron chi connectivity index (χ4n) is 2.68. The molecule has 144 valence electrons. The molecule has 0 spiro atoms. The Morgan fingerprint density at radius 3 is 2.33 bits per heavy atom. The standard InChI is InChI=1S/C22H28N2O3/c1-15(2)14-27-19-11-7-10-18(12-19)22(26)24(5)13-20(25)23-21-16(3)8-6-9-17(21)4/h6-12,15H,13-14H2,1-5H3,(H,23,25). The molecule has 0 aliphatic heterocycles. The lowest BCUT2D eigenvalue weighted by Crippen LogP contribution is -2.35. The summed E-state index contributed by atoms with van der Waals surface area (Å²) < 4.78 is 5.67. The van der Waals surface area contributed by atoms with E-state index in [9.17, 15) is 9.59 Å². The van der Waals surface area contributed by atoms with E-state index in [-0.39, 0.29) is 18.4 Å². The average molecular weight is 368 g/mol. The van der Waals surface area contributed by atoms with Gasteiger partial charge in [-0.1, -0.05) is 38.1 Å². The summed E-state index contributed by atoms with van der Waals surface area (Å²) in [5, 5.41) is 2.90. The van der Waals surface area contributed by atoms with Crippen molar-refractivity contribution in [2.75, 3.05) is 25.5 Å². The molecular weight excluding hydrogens is 340 g/mol. The van der Waals surface area contributed by atoms with E-state index in [0.29, 0.717) is 23.8 Å². The van der Waals surface area contributed by atoms with Crippen molar-refractivity contribution in [1.29, 1.82) is 0 Å². The van der Waals surface area contributed by atoms with Gasteiger partial charge >= 0.3 is 0 Å². The van der Waals surface area contributed by atoms with E-state index in [1.165, 1.54) is 4.90 Å².